The van der Waals surface area contributed by atoms with Crippen LogP contribution in [0.4, 0.5) is 10.5 Å². The van der Waals surface area contributed by atoms with Crippen molar-refractivity contribution >= 4 is 17.7 Å². The highest BCUT2D eigenvalue weighted by molar-refractivity contribution is 5.77. The number of para-hydroxylation sites is 1. The molecule has 7 nitrogen and oxygen atoms in total. The van der Waals surface area contributed by atoms with Gasteiger partial charge in [0.1, 0.15) is 6.07 Å². The third kappa shape index (κ3) is 5.68. The zero-order chi connectivity index (χ0) is 18.1. The molecular weight excluding hydrogens is 320 g/mol. The molecule has 0 bridgehead atoms. The molecule has 2 rings (SSSR count). The van der Waals surface area contributed by atoms with E-state index in [1.165, 1.54) is 0 Å². The van der Waals surface area contributed by atoms with Crippen LogP contribution in [0.1, 0.15) is 31.7 Å². The minimum atomic E-state index is -0.285. The quantitative estimate of drug-likeness (QED) is 0.824. The fraction of sp³-hybridized carbons (Fsp3) is 0.500. The van der Waals surface area contributed by atoms with Gasteiger partial charge in [0.05, 0.1) is 17.9 Å². The second kappa shape index (κ2) is 9.52. The second-order valence-corrected chi connectivity index (χ2v) is 5.86. The molecule has 25 heavy (non-hydrogen) atoms. The molecule has 1 aromatic rings. The number of likely N-dealkylation sites (tertiary alicyclic amines) is 1. The van der Waals surface area contributed by atoms with E-state index in [1.54, 1.807) is 24.0 Å². The van der Waals surface area contributed by atoms with Crippen LogP contribution in [0.3, 0.4) is 0 Å². The van der Waals surface area contributed by atoms with Gasteiger partial charge in [-0.1, -0.05) is 12.1 Å². The van der Waals surface area contributed by atoms with E-state index in [4.69, 9.17) is 10.00 Å². The van der Waals surface area contributed by atoms with Crippen molar-refractivity contribution in [1.29, 1.82) is 5.26 Å². The van der Waals surface area contributed by atoms with Crippen LogP contribution in [0.15, 0.2) is 24.3 Å². The number of ether oxygens (including phenoxy) is 1. The lowest BCUT2D eigenvalue weighted by atomic mass is 10.1. The largest absolute Gasteiger partial charge is 0.450 e. The van der Waals surface area contributed by atoms with Gasteiger partial charge in [-0.3, -0.25) is 4.79 Å². The lowest BCUT2D eigenvalue weighted by molar-refractivity contribution is -0.121. The molecule has 1 saturated heterocycles. The maximum Gasteiger partial charge on any atom is 0.409 e. The molecule has 1 heterocycles. The molecule has 0 spiro atoms. The van der Waals surface area contributed by atoms with E-state index in [-0.39, 0.29) is 18.0 Å². The summed E-state index contributed by atoms with van der Waals surface area (Å²) in [5.74, 6) is -0.0310. The normalized spacial score (nSPS) is 14.5. The van der Waals surface area contributed by atoms with Gasteiger partial charge in [-0.2, -0.15) is 5.26 Å². The van der Waals surface area contributed by atoms with Crippen molar-refractivity contribution in [3.8, 4) is 6.07 Å². The van der Waals surface area contributed by atoms with Crippen molar-refractivity contribution in [2.75, 3.05) is 31.6 Å². The number of carbonyl (C=O) groups excluding carboxylic acids is 2. The van der Waals surface area contributed by atoms with E-state index < -0.39 is 0 Å². The number of amides is 2. The molecule has 7 heteroatoms. The number of nitrogens with zero attached hydrogens (tertiary/aromatic N) is 2. The summed E-state index contributed by atoms with van der Waals surface area (Å²) < 4.78 is 4.98. The fourth-order valence-corrected chi connectivity index (χ4v) is 2.77. The molecule has 0 unspecified atom stereocenters. The molecule has 0 aliphatic carbocycles. The predicted molar refractivity (Wildman–Crippen MR) is 94.0 cm³/mol. The molecule has 2 amide bonds. The summed E-state index contributed by atoms with van der Waals surface area (Å²) >= 11 is 0. The molecule has 1 aromatic carbocycles. The minimum Gasteiger partial charge on any atom is -0.450 e. The van der Waals surface area contributed by atoms with Crippen LogP contribution in [-0.2, 0) is 9.53 Å². The molecule has 1 aliphatic heterocycles. The molecule has 0 radical (unpaired) electrons. The van der Waals surface area contributed by atoms with E-state index >= 15 is 0 Å². The Morgan fingerprint density at radius 3 is 2.72 bits per heavy atom. The molecule has 0 atom stereocenters. The van der Waals surface area contributed by atoms with Crippen molar-refractivity contribution in [1.82, 2.24) is 10.2 Å². The van der Waals surface area contributed by atoms with Gasteiger partial charge >= 0.3 is 6.09 Å². The standard InChI is InChI=1S/C18H24N4O3/c1-2-25-18(24)22-11-8-15(9-12-22)21-17(23)7-10-20-16-6-4-3-5-14(16)13-19/h3-6,15,20H,2,7-12H2,1H3,(H,21,23). The number of benzene rings is 1. The third-order valence-electron chi connectivity index (χ3n) is 4.10. The predicted octanol–water partition coefficient (Wildman–Crippen LogP) is 2.10. The first kappa shape index (κ1) is 18.6. The van der Waals surface area contributed by atoms with Gasteiger partial charge in [-0.25, -0.2) is 4.79 Å². The summed E-state index contributed by atoms with van der Waals surface area (Å²) in [5.41, 5.74) is 1.30. The zero-order valence-corrected chi connectivity index (χ0v) is 14.5. The lowest BCUT2D eigenvalue weighted by Crippen LogP contribution is -2.46. The minimum absolute atomic E-state index is 0.0310. The van der Waals surface area contributed by atoms with E-state index in [0.29, 0.717) is 38.2 Å². The smallest absolute Gasteiger partial charge is 0.409 e. The number of carbonyl (C=O) groups is 2. The van der Waals surface area contributed by atoms with Crippen LogP contribution in [0.25, 0.3) is 0 Å². The Kier molecular flexibility index (Phi) is 7.08. The lowest BCUT2D eigenvalue weighted by Gasteiger charge is -2.31. The number of hydrogen-bond donors (Lipinski definition) is 2. The molecule has 1 fully saturated rings. The first-order valence-corrected chi connectivity index (χ1v) is 8.58. The van der Waals surface area contributed by atoms with Crippen LogP contribution >= 0.6 is 0 Å². The maximum atomic E-state index is 12.1. The second-order valence-electron chi connectivity index (χ2n) is 5.86. The first-order chi connectivity index (χ1) is 12.1. The summed E-state index contributed by atoms with van der Waals surface area (Å²) in [5, 5.41) is 15.1. The van der Waals surface area contributed by atoms with Crippen molar-refractivity contribution in [2.45, 2.75) is 32.2 Å². The Morgan fingerprint density at radius 2 is 2.04 bits per heavy atom. The maximum absolute atomic E-state index is 12.1. The molecule has 0 saturated carbocycles. The monoisotopic (exact) mass is 344 g/mol. The Bertz CT molecular complexity index is 633. The zero-order valence-electron chi connectivity index (χ0n) is 14.5. The van der Waals surface area contributed by atoms with Crippen molar-refractivity contribution in [3.05, 3.63) is 29.8 Å². The summed E-state index contributed by atoms with van der Waals surface area (Å²) in [6.45, 7) is 3.81. The average Bonchev–Trinajstić information content (AvgIpc) is 2.63. The molecule has 1 aliphatic rings. The van der Waals surface area contributed by atoms with Crippen molar-refractivity contribution < 1.29 is 14.3 Å². The van der Waals surface area contributed by atoms with Gasteiger partial charge in [0.25, 0.3) is 0 Å². The van der Waals surface area contributed by atoms with Crippen LogP contribution in [-0.4, -0.2) is 49.2 Å². The van der Waals surface area contributed by atoms with Gasteiger partial charge in [0.15, 0.2) is 0 Å². The van der Waals surface area contributed by atoms with Gasteiger partial charge in [-0.05, 0) is 31.9 Å². The first-order valence-electron chi connectivity index (χ1n) is 8.58. The van der Waals surface area contributed by atoms with Crippen LogP contribution in [0.5, 0.6) is 0 Å². The molecular formula is C18H24N4O3. The van der Waals surface area contributed by atoms with E-state index in [2.05, 4.69) is 16.7 Å². The number of piperidine rings is 1. The molecule has 0 aromatic heterocycles. The number of rotatable bonds is 6. The Labute approximate surface area is 147 Å². The summed E-state index contributed by atoms with van der Waals surface area (Å²) in [4.78, 5) is 25.4. The van der Waals surface area contributed by atoms with Gasteiger partial charge in [0.2, 0.25) is 5.91 Å². The average molecular weight is 344 g/mol. The van der Waals surface area contributed by atoms with E-state index in [9.17, 15) is 9.59 Å². The molecule has 134 valence electrons. The highest BCUT2D eigenvalue weighted by atomic mass is 16.6. The van der Waals surface area contributed by atoms with Gasteiger partial charge in [0, 0.05) is 32.1 Å². The number of hydrogen-bond acceptors (Lipinski definition) is 5. The van der Waals surface area contributed by atoms with E-state index in [1.807, 2.05) is 12.1 Å². The number of nitriles is 1. The van der Waals surface area contributed by atoms with Gasteiger partial charge < -0.3 is 20.3 Å². The topological polar surface area (TPSA) is 94.5 Å². The van der Waals surface area contributed by atoms with Crippen LogP contribution < -0.4 is 10.6 Å². The highest BCUT2D eigenvalue weighted by Crippen LogP contribution is 2.14. The highest BCUT2D eigenvalue weighted by Gasteiger charge is 2.24. The summed E-state index contributed by atoms with van der Waals surface area (Å²) in [6.07, 6.45) is 1.51. The third-order valence-corrected chi connectivity index (χ3v) is 4.10. The fourth-order valence-electron chi connectivity index (χ4n) is 2.77. The van der Waals surface area contributed by atoms with Crippen molar-refractivity contribution in [3.63, 3.8) is 0 Å². The SMILES string of the molecule is CCOC(=O)N1CCC(NC(=O)CCNc2ccccc2C#N)CC1. The molecule has 2 N–H and O–H groups in total. The van der Waals surface area contributed by atoms with E-state index in [0.717, 1.165) is 18.5 Å². The number of anilines is 1. The van der Waals surface area contributed by atoms with Crippen LogP contribution in [0, 0.1) is 11.3 Å². The Hall–Kier alpha value is -2.75. The summed E-state index contributed by atoms with van der Waals surface area (Å²) in [6, 6.07) is 9.41. The Morgan fingerprint density at radius 1 is 1.32 bits per heavy atom. The van der Waals surface area contributed by atoms with Gasteiger partial charge in [-0.15, -0.1) is 0 Å². The summed E-state index contributed by atoms with van der Waals surface area (Å²) in [7, 11) is 0. The Balaban J connectivity index is 1.68. The number of nitrogens with one attached hydrogen (secondary N) is 2. The van der Waals surface area contributed by atoms with Crippen LogP contribution in [0.2, 0.25) is 0 Å². The van der Waals surface area contributed by atoms with Crippen molar-refractivity contribution in [2.24, 2.45) is 0 Å².